The number of aromatic nitrogens is 1. The molecule has 1 aliphatic carbocycles. The summed E-state index contributed by atoms with van der Waals surface area (Å²) in [5.74, 6) is 0.140. The van der Waals surface area contributed by atoms with E-state index in [4.69, 9.17) is 14.6 Å². The number of aliphatic hydroxyl groups excluding tert-OH is 1. The van der Waals surface area contributed by atoms with Gasteiger partial charge in [-0.3, -0.25) is 0 Å². The van der Waals surface area contributed by atoms with Crippen LogP contribution in [0.4, 0.5) is 0 Å². The molecule has 1 aromatic carbocycles. The molecule has 2 N–H and O–H groups in total. The predicted molar refractivity (Wildman–Crippen MR) is 119 cm³/mol. The molecule has 2 fully saturated rings. The van der Waals surface area contributed by atoms with E-state index in [1.807, 2.05) is 6.07 Å². The number of fused-ring (bicyclic) bond motifs is 1. The van der Waals surface area contributed by atoms with E-state index in [0.717, 1.165) is 37.9 Å². The van der Waals surface area contributed by atoms with E-state index in [9.17, 15) is 9.90 Å². The summed E-state index contributed by atoms with van der Waals surface area (Å²) in [6, 6.07) is 6.34. The third-order valence-electron chi connectivity index (χ3n) is 6.63. The van der Waals surface area contributed by atoms with Crippen molar-refractivity contribution in [3.63, 3.8) is 0 Å². The van der Waals surface area contributed by atoms with Crippen molar-refractivity contribution in [1.29, 1.82) is 0 Å². The van der Waals surface area contributed by atoms with Crippen LogP contribution in [0, 0.1) is 11.8 Å². The Kier molecular flexibility index (Phi) is 6.94. The van der Waals surface area contributed by atoms with Gasteiger partial charge in [0.2, 0.25) is 0 Å². The van der Waals surface area contributed by atoms with Crippen LogP contribution in [0.5, 0.6) is 5.75 Å². The second kappa shape index (κ2) is 9.67. The predicted octanol–water partition coefficient (Wildman–Crippen LogP) is 4.65. The molecule has 2 aliphatic rings. The summed E-state index contributed by atoms with van der Waals surface area (Å²) in [6.45, 7) is 4.84. The van der Waals surface area contributed by atoms with Gasteiger partial charge >= 0.3 is 5.97 Å². The summed E-state index contributed by atoms with van der Waals surface area (Å²) in [6.07, 6.45) is 4.77. The molecule has 0 spiro atoms. The van der Waals surface area contributed by atoms with Gasteiger partial charge in [0.05, 0.1) is 18.8 Å². The zero-order chi connectivity index (χ0) is 22.0. The van der Waals surface area contributed by atoms with Gasteiger partial charge in [-0.2, -0.15) is 0 Å². The highest BCUT2D eigenvalue weighted by molar-refractivity contribution is 7.09. The second-order valence-electron chi connectivity index (χ2n) is 8.59. The Balaban J connectivity index is 1.38. The van der Waals surface area contributed by atoms with Crippen molar-refractivity contribution in [2.24, 2.45) is 11.8 Å². The third kappa shape index (κ3) is 4.78. The van der Waals surface area contributed by atoms with E-state index in [-0.39, 0.29) is 29.7 Å². The minimum atomic E-state index is -1.02. The number of rotatable bonds is 8. The smallest absolute Gasteiger partial charge is 0.355 e. The van der Waals surface area contributed by atoms with Crippen LogP contribution in [0.1, 0.15) is 72.3 Å². The molecular formula is C24H31NO5S. The van der Waals surface area contributed by atoms with Gasteiger partial charge in [-0.25, -0.2) is 9.78 Å². The Morgan fingerprint density at radius 3 is 2.84 bits per heavy atom. The minimum Gasteiger partial charge on any atom is -0.493 e. The first-order valence-corrected chi connectivity index (χ1v) is 12.1. The van der Waals surface area contributed by atoms with Crippen LogP contribution in [-0.2, 0) is 17.6 Å². The largest absolute Gasteiger partial charge is 0.493 e. The Hall–Kier alpha value is -1.96. The zero-order valence-corrected chi connectivity index (χ0v) is 18.9. The molecule has 168 valence electrons. The van der Waals surface area contributed by atoms with Crippen LogP contribution in [0.25, 0.3) is 0 Å². The van der Waals surface area contributed by atoms with Crippen molar-refractivity contribution in [3.05, 3.63) is 45.4 Å². The highest BCUT2D eigenvalue weighted by atomic mass is 32.1. The van der Waals surface area contributed by atoms with E-state index < -0.39 is 12.1 Å². The first-order valence-electron chi connectivity index (χ1n) is 11.3. The SMILES string of the molecule is CCCc1cc(OC[C@@H]2[C@H]3CC[C@H](c4nc(C(=O)O)cs4)O[C@H]3C[C@H]2O)ccc1CC. The molecule has 1 aromatic heterocycles. The number of benzene rings is 1. The molecule has 0 bridgehead atoms. The number of carbonyl (C=O) groups is 1. The lowest BCUT2D eigenvalue weighted by molar-refractivity contribution is -0.0811. The molecule has 7 heteroatoms. The lowest BCUT2D eigenvalue weighted by atomic mass is 9.87. The Morgan fingerprint density at radius 2 is 2.13 bits per heavy atom. The number of carboxylic acid groups (broad SMARTS) is 1. The molecule has 5 atom stereocenters. The van der Waals surface area contributed by atoms with Gasteiger partial charge in [0.15, 0.2) is 5.69 Å². The maximum Gasteiger partial charge on any atom is 0.355 e. The van der Waals surface area contributed by atoms with Gasteiger partial charge in [-0.1, -0.05) is 26.3 Å². The average Bonchev–Trinajstić information content (AvgIpc) is 3.37. The molecule has 6 nitrogen and oxygen atoms in total. The normalized spacial score (nSPS) is 27.8. The average molecular weight is 446 g/mol. The Bertz CT molecular complexity index is 913. The van der Waals surface area contributed by atoms with Crippen LogP contribution in [0.3, 0.4) is 0 Å². The number of aliphatic hydroxyl groups is 1. The van der Waals surface area contributed by atoms with Crippen molar-refractivity contribution in [2.45, 2.75) is 70.7 Å². The van der Waals surface area contributed by atoms with Crippen molar-refractivity contribution in [1.82, 2.24) is 4.98 Å². The third-order valence-corrected chi connectivity index (χ3v) is 7.57. The zero-order valence-electron chi connectivity index (χ0n) is 18.1. The van der Waals surface area contributed by atoms with Gasteiger partial charge < -0.3 is 19.7 Å². The number of ether oxygens (including phenoxy) is 2. The van der Waals surface area contributed by atoms with Crippen molar-refractivity contribution in [3.8, 4) is 5.75 Å². The number of hydrogen-bond donors (Lipinski definition) is 2. The fourth-order valence-electron chi connectivity index (χ4n) is 5.01. The van der Waals surface area contributed by atoms with Crippen LogP contribution in [0.2, 0.25) is 0 Å². The van der Waals surface area contributed by atoms with Crippen LogP contribution in [-0.4, -0.2) is 40.0 Å². The Morgan fingerprint density at radius 1 is 1.29 bits per heavy atom. The fraction of sp³-hybridized carbons (Fsp3) is 0.583. The van der Waals surface area contributed by atoms with E-state index in [1.165, 1.54) is 22.5 Å². The number of nitrogens with zero attached hydrogens (tertiary/aromatic N) is 1. The summed E-state index contributed by atoms with van der Waals surface area (Å²) in [4.78, 5) is 15.3. The summed E-state index contributed by atoms with van der Waals surface area (Å²) in [7, 11) is 0. The maximum atomic E-state index is 11.1. The number of aryl methyl sites for hydroxylation is 2. The molecule has 0 radical (unpaired) electrons. The molecule has 0 unspecified atom stereocenters. The standard InChI is InChI=1S/C24H31NO5S/c1-3-5-15-10-16(7-6-14(15)4-2)29-12-18-17-8-9-21(30-22(17)11-20(18)26)23-25-19(13-31-23)24(27)28/h6-7,10,13,17-18,20-22,26H,3-5,8-9,11-12H2,1-2H3,(H,27,28)/t17-,18-,20-,21-,22+/m1/s1. The minimum absolute atomic E-state index is 0.0392. The topological polar surface area (TPSA) is 88.9 Å². The summed E-state index contributed by atoms with van der Waals surface area (Å²) in [5, 5.41) is 22.1. The van der Waals surface area contributed by atoms with Crippen molar-refractivity contribution >= 4 is 17.3 Å². The molecule has 0 amide bonds. The van der Waals surface area contributed by atoms with Crippen LogP contribution in [0.15, 0.2) is 23.6 Å². The first kappa shape index (κ1) is 22.2. The van der Waals surface area contributed by atoms with Crippen LogP contribution >= 0.6 is 11.3 Å². The van der Waals surface area contributed by atoms with E-state index in [0.29, 0.717) is 18.0 Å². The number of aromatic carboxylic acids is 1. The summed E-state index contributed by atoms with van der Waals surface area (Å²) >= 11 is 1.33. The number of carboxylic acids is 1. The highest BCUT2D eigenvalue weighted by Crippen LogP contribution is 2.46. The van der Waals surface area contributed by atoms with E-state index in [1.54, 1.807) is 5.38 Å². The molecule has 2 aromatic rings. The summed E-state index contributed by atoms with van der Waals surface area (Å²) < 4.78 is 12.4. The molecule has 31 heavy (non-hydrogen) atoms. The fourth-order valence-corrected chi connectivity index (χ4v) is 5.87. The van der Waals surface area contributed by atoms with Crippen molar-refractivity contribution < 1.29 is 24.5 Å². The number of hydrogen-bond acceptors (Lipinski definition) is 6. The molecule has 1 saturated heterocycles. The first-order chi connectivity index (χ1) is 15.0. The van der Waals surface area contributed by atoms with Gasteiger partial charge in [-0.15, -0.1) is 11.3 Å². The van der Waals surface area contributed by atoms with Crippen molar-refractivity contribution in [2.75, 3.05) is 6.61 Å². The van der Waals surface area contributed by atoms with E-state index >= 15 is 0 Å². The number of thiazole rings is 1. The highest BCUT2D eigenvalue weighted by Gasteiger charge is 2.47. The van der Waals surface area contributed by atoms with Gasteiger partial charge in [-0.05, 0) is 54.9 Å². The van der Waals surface area contributed by atoms with Gasteiger partial charge in [0.25, 0.3) is 0 Å². The summed E-state index contributed by atoms with van der Waals surface area (Å²) in [5.41, 5.74) is 2.79. The van der Waals surface area contributed by atoms with Gasteiger partial charge in [0, 0.05) is 17.7 Å². The maximum absolute atomic E-state index is 11.1. The monoisotopic (exact) mass is 445 g/mol. The molecule has 4 rings (SSSR count). The Labute approximate surface area is 187 Å². The van der Waals surface area contributed by atoms with Crippen LogP contribution < -0.4 is 4.74 Å². The van der Waals surface area contributed by atoms with E-state index in [2.05, 4.69) is 31.0 Å². The lowest BCUT2D eigenvalue weighted by Crippen LogP contribution is -2.33. The molecule has 2 heterocycles. The second-order valence-corrected chi connectivity index (χ2v) is 9.48. The quantitative estimate of drug-likeness (QED) is 0.615. The molecule has 1 aliphatic heterocycles. The molecule has 1 saturated carbocycles. The lowest BCUT2D eigenvalue weighted by Gasteiger charge is -2.33. The van der Waals surface area contributed by atoms with Gasteiger partial charge in [0.1, 0.15) is 16.9 Å². The molecular weight excluding hydrogens is 414 g/mol.